The van der Waals surface area contributed by atoms with Crippen LogP contribution in [-0.2, 0) is 4.79 Å². The van der Waals surface area contributed by atoms with Gasteiger partial charge < -0.3 is 10.2 Å². The molecule has 1 aromatic rings. The Bertz CT molecular complexity index is 581. The summed E-state index contributed by atoms with van der Waals surface area (Å²) in [4.78, 5) is 26.4. The van der Waals surface area contributed by atoms with E-state index in [1.165, 1.54) is 5.56 Å². The number of nitrogens with zero attached hydrogens (tertiary/aromatic N) is 1. The van der Waals surface area contributed by atoms with Crippen LogP contribution in [0.25, 0.3) is 0 Å². The fourth-order valence-electron chi connectivity index (χ4n) is 3.09. The first kappa shape index (κ1) is 17.5. The monoisotopic (exact) mass is 316 g/mol. The highest BCUT2D eigenvalue weighted by molar-refractivity contribution is 5.95. The van der Waals surface area contributed by atoms with Crippen LogP contribution >= 0.6 is 0 Å². The Balaban J connectivity index is 1.97. The first-order chi connectivity index (χ1) is 10.9. The fraction of sp³-hybridized carbons (Fsp3) is 0.579. The Hall–Kier alpha value is -1.84. The van der Waals surface area contributed by atoms with Crippen molar-refractivity contribution < 1.29 is 9.59 Å². The molecule has 4 heteroatoms. The second-order valence-electron chi connectivity index (χ2n) is 6.98. The van der Waals surface area contributed by atoms with E-state index < -0.39 is 0 Å². The summed E-state index contributed by atoms with van der Waals surface area (Å²) in [7, 11) is 0. The van der Waals surface area contributed by atoms with E-state index in [-0.39, 0.29) is 17.7 Å². The Morgan fingerprint density at radius 3 is 2.70 bits per heavy atom. The van der Waals surface area contributed by atoms with Crippen LogP contribution in [0, 0.1) is 25.7 Å². The third-order valence-electron chi connectivity index (χ3n) is 4.51. The SMILES string of the molecule is Cc1ccc(C(=O)N2CCCC(CNC(=O)C(C)C)C2)c(C)c1. The molecule has 1 heterocycles. The van der Waals surface area contributed by atoms with Crippen LogP contribution < -0.4 is 5.32 Å². The van der Waals surface area contributed by atoms with Crippen LogP contribution in [0.1, 0.15) is 48.2 Å². The lowest BCUT2D eigenvalue weighted by Gasteiger charge is -2.33. The van der Waals surface area contributed by atoms with E-state index in [1.807, 2.05) is 44.7 Å². The second kappa shape index (κ2) is 7.62. The number of hydrogen-bond acceptors (Lipinski definition) is 2. The minimum atomic E-state index is 0.00605. The number of rotatable bonds is 4. The number of carbonyl (C=O) groups excluding carboxylic acids is 2. The summed E-state index contributed by atoms with van der Waals surface area (Å²) in [6.07, 6.45) is 2.06. The van der Waals surface area contributed by atoms with Crippen molar-refractivity contribution in [3.05, 3.63) is 34.9 Å². The van der Waals surface area contributed by atoms with E-state index in [4.69, 9.17) is 0 Å². The maximum atomic E-state index is 12.8. The van der Waals surface area contributed by atoms with Crippen molar-refractivity contribution in [2.75, 3.05) is 19.6 Å². The van der Waals surface area contributed by atoms with E-state index in [9.17, 15) is 9.59 Å². The van der Waals surface area contributed by atoms with Crippen molar-refractivity contribution in [3.8, 4) is 0 Å². The highest BCUT2D eigenvalue weighted by Gasteiger charge is 2.25. The summed E-state index contributed by atoms with van der Waals surface area (Å²) in [5.41, 5.74) is 3.00. The van der Waals surface area contributed by atoms with E-state index in [0.717, 1.165) is 37.1 Å². The molecule has 1 fully saturated rings. The van der Waals surface area contributed by atoms with Crippen molar-refractivity contribution in [1.82, 2.24) is 10.2 Å². The Kier molecular flexibility index (Phi) is 5.80. The molecule has 1 saturated heterocycles. The molecule has 2 rings (SSSR count). The lowest BCUT2D eigenvalue weighted by molar-refractivity contribution is -0.124. The molecule has 1 aliphatic rings. The van der Waals surface area contributed by atoms with Gasteiger partial charge in [-0.25, -0.2) is 0 Å². The van der Waals surface area contributed by atoms with Crippen molar-refractivity contribution in [2.45, 2.75) is 40.5 Å². The quantitative estimate of drug-likeness (QED) is 0.928. The first-order valence-corrected chi connectivity index (χ1v) is 8.52. The molecule has 0 saturated carbocycles. The average Bonchev–Trinajstić information content (AvgIpc) is 2.52. The second-order valence-corrected chi connectivity index (χ2v) is 6.98. The van der Waals surface area contributed by atoms with Crippen molar-refractivity contribution >= 4 is 11.8 Å². The molecule has 0 aromatic heterocycles. The van der Waals surface area contributed by atoms with Crippen molar-refractivity contribution in [3.63, 3.8) is 0 Å². The summed E-state index contributed by atoms with van der Waals surface area (Å²) in [6.45, 7) is 10.0. The molecule has 1 aromatic carbocycles. The predicted molar refractivity (Wildman–Crippen MR) is 92.4 cm³/mol. The number of carbonyl (C=O) groups is 2. The maximum Gasteiger partial charge on any atom is 0.254 e. The molecule has 126 valence electrons. The first-order valence-electron chi connectivity index (χ1n) is 8.52. The van der Waals surface area contributed by atoms with Gasteiger partial charge in [-0.2, -0.15) is 0 Å². The summed E-state index contributed by atoms with van der Waals surface area (Å²) >= 11 is 0. The molecule has 1 unspecified atom stereocenters. The van der Waals surface area contributed by atoms with Gasteiger partial charge in [0, 0.05) is 31.1 Å². The van der Waals surface area contributed by atoms with Gasteiger partial charge in [0.1, 0.15) is 0 Å². The third kappa shape index (κ3) is 4.57. The topological polar surface area (TPSA) is 49.4 Å². The zero-order chi connectivity index (χ0) is 17.0. The molecule has 23 heavy (non-hydrogen) atoms. The molecule has 1 aliphatic heterocycles. The minimum absolute atomic E-state index is 0.00605. The van der Waals surface area contributed by atoms with Gasteiger partial charge in [0.15, 0.2) is 0 Å². The van der Waals surface area contributed by atoms with Gasteiger partial charge >= 0.3 is 0 Å². The molecular weight excluding hydrogens is 288 g/mol. The molecule has 0 spiro atoms. The number of hydrogen-bond donors (Lipinski definition) is 1. The lowest BCUT2D eigenvalue weighted by Crippen LogP contribution is -2.44. The summed E-state index contributed by atoms with van der Waals surface area (Å²) < 4.78 is 0. The van der Waals surface area contributed by atoms with Gasteiger partial charge in [-0.3, -0.25) is 9.59 Å². The molecule has 0 aliphatic carbocycles. The van der Waals surface area contributed by atoms with Crippen LogP contribution in [-0.4, -0.2) is 36.3 Å². The van der Waals surface area contributed by atoms with Crippen LogP contribution in [0.5, 0.6) is 0 Å². The van der Waals surface area contributed by atoms with E-state index in [0.29, 0.717) is 12.5 Å². The summed E-state index contributed by atoms with van der Waals surface area (Å²) in [5, 5.41) is 2.99. The Labute approximate surface area is 139 Å². The highest BCUT2D eigenvalue weighted by atomic mass is 16.2. The van der Waals surface area contributed by atoms with Crippen molar-refractivity contribution in [2.24, 2.45) is 11.8 Å². The number of amides is 2. The van der Waals surface area contributed by atoms with E-state index in [1.54, 1.807) is 0 Å². The Morgan fingerprint density at radius 2 is 2.04 bits per heavy atom. The van der Waals surface area contributed by atoms with Crippen LogP contribution in [0.4, 0.5) is 0 Å². The molecule has 0 bridgehead atoms. The van der Waals surface area contributed by atoms with Crippen molar-refractivity contribution in [1.29, 1.82) is 0 Å². The van der Waals surface area contributed by atoms with Gasteiger partial charge in [0.2, 0.25) is 5.91 Å². The largest absolute Gasteiger partial charge is 0.356 e. The standard InChI is InChI=1S/C19H28N2O2/c1-13(2)18(22)20-11-16-6-5-9-21(12-16)19(23)17-8-7-14(3)10-15(17)4/h7-8,10,13,16H,5-6,9,11-12H2,1-4H3,(H,20,22). The summed E-state index contributed by atoms with van der Waals surface area (Å²) in [6, 6.07) is 5.97. The van der Waals surface area contributed by atoms with E-state index >= 15 is 0 Å². The average molecular weight is 316 g/mol. The molecule has 4 nitrogen and oxygen atoms in total. The number of benzene rings is 1. The van der Waals surface area contributed by atoms with Gasteiger partial charge in [-0.1, -0.05) is 31.5 Å². The van der Waals surface area contributed by atoms with Gasteiger partial charge in [0.05, 0.1) is 0 Å². The normalized spacial score (nSPS) is 18.1. The minimum Gasteiger partial charge on any atom is -0.356 e. The third-order valence-corrected chi connectivity index (χ3v) is 4.51. The molecular formula is C19H28N2O2. The molecule has 1 N–H and O–H groups in total. The predicted octanol–water partition coefficient (Wildman–Crippen LogP) is 2.93. The van der Waals surface area contributed by atoms with Crippen LogP contribution in [0.2, 0.25) is 0 Å². The Morgan fingerprint density at radius 1 is 1.30 bits per heavy atom. The fourth-order valence-corrected chi connectivity index (χ4v) is 3.09. The van der Waals surface area contributed by atoms with Gasteiger partial charge in [-0.15, -0.1) is 0 Å². The molecule has 2 amide bonds. The zero-order valence-corrected chi connectivity index (χ0v) is 14.7. The number of piperidine rings is 1. The zero-order valence-electron chi connectivity index (χ0n) is 14.7. The lowest BCUT2D eigenvalue weighted by atomic mass is 9.96. The maximum absolute atomic E-state index is 12.8. The highest BCUT2D eigenvalue weighted by Crippen LogP contribution is 2.20. The smallest absolute Gasteiger partial charge is 0.254 e. The summed E-state index contributed by atoms with van der Waals surface area (Å²) in [5.74, 6) is 0.554. The van der Waals surface area contributed by atoms with Crippen LogP contribution in [0.15, 0.2) is 18.2 Å². The van der Waals surface area contributed by atoms with Gasteiger partial charge in [0.25, 0.3) is 5.91 Å². The van der Waals surface area contributed by atoms with E-state index in [2.05, 4.69) is 11.4 Å². The number of aryl methyl sites for hydroxylation is 2. The molecule has 1 atom stereocenters. The van der Waals surface area contributed by atoms with Gasteiger partial charge in [-0.05, 0) is 44.2 Å². The van der Waals surface area contributed by atoms with Crippen LogP contribution in [0.3, 0.4) is 0 Å². The molecule has 0 radical (unpaired) electrons. The number of likely N-dealkylation sites (tertiary alicyclic amines) is 1. The number of nitrogens with one attached hydrogen (secondary N) is 1.